The van der Waals surface area contributed by atoms with E-state index >= 15 is 0 Å². The molecule has 0 saturated carbocycles. The van der Waals surface area contributed by atoms with Gasteiger partial charge in [-0.25, -0.2) is 4.39 Å². The lowest BCUT2D eigenvalue weighted by molar-refractivity contribution is -0.145. The number of carbonyl (C=O) groups is 3. The largest absolute Gasteiger partial charge is 0.493 e. The summed E-state index contributed by atoms with van der Waals surface area (Å²) in [5.74, 6) is -0.883. The number of hydrogen-bond donors (Lipinski definition) is 0. The first-order valence-electron chi connectivity index (χ1n) is 9.48. The second kappa shape index (κ2) is 10.6. The van der Waals surface area contributed by atoms with E-state index in [1.807, 2.05) is 0 Å². The molecule has 0 bridgehead atoms. The molecule has 2 amide bonds. The number of halogens is 2. The van der Waals surface area contributed by atoms with Crippen molar-refractivity contribution in [3.63, 3.8) is 0 Å². The number of methoxy groups -OCH3 is 1. The average Bonchev–Trinajstić information content (AvgIpc) is 3.02. The molecule has 0 unspecified atom stereocenters. The van der Waals surface area contributed by atoms with Crippen molar-refractivity contribution >= 4 is 50.9 Å². The van der Waals surface area contributed by atoms with Crippen molar-refractivity contribution in [3.8, 4) is 11.5 Å². The SMILES string of the molecule is CCOC(=O)CN1C(=O)SC(=Cc2cc(OC)c(OCc3ccccc3F)cc2Br)C1=O. The van der Waals surface area contributed by atoms with Crippen LogP contribution in [0.25, 0.3) is 6.08 Å². The third-order valence-electron chi connectivity index (χ3n) is 4.38. The number of thioether (sulfide) groups is 1. The topological polar surface area (TPSA) is 82.1 Å². The van der Waals surface area contributed by atoms with Gasteiger partial charge in [-0.3, -0.25) is 19.3 Å². The van der Waals surface area contributed by atoms with Gasteiger partial charge in [-0.1, -0.05) is 34.1 Å². The minimum Gasteiger partial charge on any atom is -0.493 e. The Balaban J connectivity index is 1.80. The number of nitrogens with zero attached hydrogens (tertiary/aromatic N) is 1. The van der Waals surface area contributed by atoms with Crippen LogP contribution >= 0.6 is 27.7 Å². The maximum absolute atomic E-state index is 13.8. The Morgan fingerprint density at radius 1 is 1.22 bits per heavy atom. The van der Waals surface area contributed by atoms with Crippen LogP contribution in [0.2, 0.25) is 0 Å². The van der Waals surface area contributed by atoms with Crippen molar-refractivity contribution in [2.75, 3.05) is 20.3 Å². The summed E-state index contributed by atoms with van der Waals surface area (Å²) in [6.45, 7) is 1.36. The van der Waals surface area contributed by atoms with Gasteiger partial charge in [0.05, 0.1) is 18.6 Å². The van der Waals surface area contributed by atoms with Crippen molar-refractivity contribution in [3.05, 3.63) is 62.7 Å². The zero-order valence-corrected chi connectivity index (χ0v) is 19.6. The van der Waals surface area contributed by atoms with E-state index in [9.17, 15) is 18.8 Å². The van der Waals surface area contributed by atoms with Gasteiger partial charge in [0, 0.05) is 10.0 Å². The van der Waals surface area contributed by atoms with Gasteiger partial charge in [-0.15, -0.1) is 0 Å². The third kappa shape index (κ3) is 5.49. The van der Waals surface area contributed by atoms with Crippen molar-refractivity contribution in [2.24, 2.45) is 0 Å². The van der Waals surface area contributed by atoms with Crippen LogP contribution in [0.1, 0.15) is 18.1 Å². The van der Waals surface area contributed by atoms with E-state index in [0.717, 1.165) is 16.7 Å². The number of benzene rings is 2. The van der Waals surface area contributed by atoms with Gasteiger partial charge >= 0.3 is 5.97 Å². The van der Waals surface area contributed by atoms with E-state index in [2.05, 4.69) is 15.9 Å². The molecule has 1 saturated heterocycles. The zero-order chi connectivity index (χ0) is 23.3. The lowest BCUT2D eigenvalue weighted by atomic mass is 10.1. The summed E-state index contributed by atoms with van der Waals surface area (Å²) >= 11 is 4.15. The summed E-state index contributed by atoms with van der Waals surface area (Å²) in [6, 6.07) is 9.54. The number of imide groups is 1. The Labute approximate surface area is 196 Å². The molecule has 0 atom stereocenters. The summed E-state index contributed by atoms with van der Waals surface area (Å²) in [6.07, 6.45) is 1.52. The lowest BCUT2D eigenvalue weighted by Gasteiger charge is -2.13. The van der Waals surface area contributed by atoms with Gasteiger partial charge in [0.2, 0.25) is 0 Å². The first-order valence-corrected chi connectivity index (χ1v) is 11.1. The number of hydrogen-bond acceptors (Lipinski definition) is 7. The third-order valence-corrected chi connectivity index (χ3v) is 5.97. The molecule has 1 aliphatic rings. The van der Waals surface area contributed by atoms with Crippen LogP contribution in [0.15, 0.2) is 45.8 Å². The Bertz CT molecular complexity index is 1090. The molecule has 0 spiro atoms. The molecule has 32 heavy (non-hydrogen) atoms. The van der Waals surface area contributed by atoms with Crippen molar-refractivity contribution < 1.29 is 33.0 Å². The summed E-state index contributed by atoms with van der Waals surface area (Å²) in [5, 5.41) is -0.553. The molecule has 168 valence electrons. The number of amides is 2. The quantitative estimate of drug-likeness (QED) is 0.363. The van der Waals surface area contributed by atoms with Gasteiger partial charge in [0.25, 0.3) is 11.1 Å². The summed E-state index contributed by atoms with van der Waals surface area (Å²) in [5.41, 5.74) is 0.951. The Hall–Kier alpha value is -2.85. The second-order valence-electron chi connectivity index (χ2n) is 6.48. The van der Waals surface area contributed by atoms with Gasteiger partial charge in [-0.2, -0.15) is 0 Å². The highest BCUT2D eigenvalue weighted by molar-refractivity contribution is 9.10. The molecule has 1 fully saturated rings. The van der Waals surface area contributed by atoms with Crippen LogP contribution in [-0.2, 0) is 20.9 Å². The van der Waals surface area contributed by atoms with E-state index in [4.69, 9.17) is 14.2 Å². The Morgan fingerprint density at radius 3 is 2.66 bits per heavy atom. The Kier molecular flexibility index (Phi) is 7.92. The molecule has 0 aliphatic carbocycles. The zero-order valence-electron chi connectivity index (χ0n) is 17.2. The van der Waals surface area contributed by atoms with E-state index in [-0.39, 0.29) is 23.9 Å². The summed E-state index contributed by atoms with van der Waals surface area (Å²) in [7, 11) is 1.45. The monoisotopic (exact) mass is 523 g/mol. The van der Waals surface area contributed by atoms with E-state index in [1.165, 1.54) is 19.3 Å². The standard InChI is InChI=1S/C22H19BrFNO6S/c1-3-30-20(26)11-25-21(27)19(32-22(25)28)9-14-8-17(29-2)18(10-15(14)23)31-12-13-6-4-5-7-16(13)24/h4-10H,3,11-12H2,1-2H3. The minimum absolute atomic E-state index is 0.00156. The van der Waals surface area contributed by atoms with Crippen LogP contribution in [0.4, 0.5) is 9.18 Å². The fourth-order valence-electron chi connectivity index (χ4n) is 2.82. The van der Waals surface area contributed by atoms with E-state index < -0.39 is 23.7 Å². The van der Waals surface area contributed by atoms with Crippen LogP contribution in [0.3, 0.4) is 0 Å². The van der Waals surface area contributed by atoms with Crippen LogP contribution in [0.5, 0.6) is 11.5 Å². The van der Waals surface area contributed by atoms with Gasteiger partial charge in [-0.05, 0) is 48.5 Å². The highest BCUT2D eigenvalue weighted by Crippen LogP contribution is 2.38. The maximum atomic E-state index is 13.8. The number of esters is 1. The average molecular weight is 524 g/mol. The smallest absolute Gasteiger partial charge is 0.326 e. The molecule has 2 aromatic rings. The fraction of sp³-hybridized carbons (Fsp3) is 0.227. The summed E-state index contributed by atoms with van der Waals surface area (Å²) < 4.78 is 30.3. The highest BCUT2D eigenvalue weighted by Gasteiger charge is 2.36. The van der Waals surface area contributed by atoms with E-state index in [0.29, 0.717) is 27.1 Å². The van der Waals surface area contributed by atoms with Crippen LogP contribution in [0, 0.1) is 5.82 Å². The van der Waals surface area contributed by atoms with Crippen molar-refractivity contribution in [1.82, 2.24) is 4.90 Å². The predicted octanol–water partition coefficient (Wildman–Crippen LogP) is 4.78. The minimum atomic E-state index is -0.657. The molecule has 1 heterocycles. The molecule has 1 aliphatic heterocycles. The molecule has 7 nitrogen and oxygen atoms in total. The second-order valence-corrected chi connectivity index (χ2v) is 8.33. The first kappa shape index (κ1) is 23.8. The van der Waals surface area contributed by atoms with Crippen molar-refractivity contribution in [1.29, 1.82) is 0 Å². The fourth-order valence-corrected chi connectivity index (χ4v) is 4.08. The molecule has 3 rings (SSSR count). The predicted molar refractivity (Wildman–Crippen MR) is 121 cm³/mol. The van der Waals surface area contributed by atoms with Crippen LogP contribution in [-0.4, -0.2) is 42.3 Å². The van der Waals surface area contributed by atoms with E-state index in [1.54, 1.807) is 37.3 Å². The molecule has 0 aromatic heterocycles. The molecular weight excluding hydrogens is 505 g/mol. The van der Waals surface area contributed by atoms with Gasteiger partial charge in [0.15, 0.2) is 11.5 Å². The number of carbonyl (C=O) groups excluding carboxylic acids is 3. The van der Waals surface area contributed by atoms with Gasteiger partial charge < -0.3 is 14.2 Å². The van der Waals surface area contributed by atoms with Crippen molar-refractivity contribution in [2.45, 2.75) is 13.5 Å². The highest BCUT2D eigenvalue weighted by atomic mass is 79.9. The first-order chi connectivity index (χ1) is 15.3. The molecule has 0 N–H and O–H groups in total. The lowest BCUT2D eigenvalue weighted by Crippen LogP contribution is -2.34. The normalized spacial score (nSPS) is 14.8. The molecular formula is C22H19BrFNO6S. The van der Waals surface area contributed by atoms with Gasteiger partial charge in [0.1, 0.15) is 19.0 Å². The Morgan fingerprint density at radius 2 is 1.97 bits per heavy atom. The number of ether oxygens (including phenoxy) is 3. The molecule has 0 radical (unpaired) electrons. The summed E-state index contributed by atoms with van der Waals surface area (Å²) in [4.78, 5) is 37.4. The molecule has 2 aromatic carbocycles. The van der Waals surface area contributed by atoms with Crippen LogP contribution < -0.4 is 9.47 Å². The number of rotatable bonds is 8. The maximum Gasteiger partial charge on any atom is 0.326 e. The molecule has 10 heteroatoms.